The van der Waals surface area contributed by atoms with Crippen LogP contribution in [0.3, 0.4) is 0 Å². The zero-order valence-electron chi connectivity index (χ0n) is 26.0. The third-order valence-corrected chi connectivity index (χ3v) is 7.83. The van der Waals surface area contributed by atoms with Crippen molar-refractivity contribution in [2.45, 2.75) is 91.7 Å². The zero-order valence-corrected chi connectivity index (χ0v) is 26.9. The molecule has 1 saturated heterocycles. The number of esters is 2. The van der Waals surface area contributed by atoms with Crippen LogP contribution in [0, 0.1) is 10.8 Å². The van der Waals surface area contributed by atoms with Gasteiger partial charge >= 0.3 is 25.3 Å². The maximum absolute atomic E-state index is 15.3. The Kier molecular flexibility index (Phi) is 12.1. The SMILES string of the molecule is C[C@H](NP(=O)(N[C@@H](C)C(=O)OCC(C)(C)C)OC[C@@]1(N=[N+]=[N-])O[C@@H](n2ccc(N)nc2=O)[C@H](F)[C@@H]1O)C(=O)OCC(C)(C)C. The van der Waals surface area contributed by atoms with Gasteiger partial charge in [-0.05, 0) is 36.3 Å². The fourth-order valence-corrected chi connectivity index (χ4v) is 5.44. The average molecular weight is 649 g/mol. The predicted octanol–water partition coefficient (Wildman–Crippen LogP) is 2.32. The van der Waals surface area contributed by atoms with Crippen LogP contribution in [-0.4, -0.2) is 76.5 Å². The second kappa shape index (κ2) is 14.3. The molecule has 0 radical (unpaired) electrons. The molecule has 5 N–H and O–H groups in total. The first-order chi connectivity index (χ1) is 20.1. The van der Waals surface area contributed by atoms with Crippen molar-refractivity contribution < 1.29 is 42.4 Å². The highest BCUT2D eigenvalue weighted by Gasteiger charge is 2.57. The summed E-state index contributed by atoms with van der Waals surface area (Å²) in [5, 5.41) is 19.0. The second-order valence-electron chi connectivity index (χ2n) is 12.8. The summed E-state index contributed by atoms with van der Waals surface area (Å²) < 4.78 is 51.7. The summed E-state index contributed by atoms with van der Waals surface area (Å²) in [6.07, 6.45) is -5.38. The van der Waals surface area contributed by atoms with Crippen LogP contribution < -0.4 is 21.6 Å². The maximum atomic E-state index is 15.3. The number of rotatable bonds is 13. The summed E-state index contributed by atoms with van der Waals surface area (Å²) in [5.41, 5.74) is 10.4. The zero-order chi connectivity index (χ0) is 33.7. The van der Waals surface area contributed by atoms with Crippen molar-refractivity contribution in [3.8, 4) is 0 Å². The lowest BCUT2D eigenvalue weighted by atomic mass is 9.99. The number of hydrogen-bond donors (Lipinski definition) is 4. The Morgan fingerprint density at radius 2 is 1.70 bits per heavy atom. The van der Waals surface area contributed by atoms with Crippen LogP contribution in [0.25, 0.3) is 10.4 Å². The molecule has 0 amide bonds. The molecule has 1 aromatic rings. The Morgan fingerprint density at radius 1 is 1.20 bits per heavy atom. The van der Waals surface area contributed by atoms with Gasteiger partial charge in [0.25, 0.3) is 0 Å². The van der Waals surface area contributed by atoms with Crippen LogP contribution in [0.1, 0.15) is 61.6 Å². The molecule has 1 aromatic heterocycles. The van der Waals surface area contributed by atoms with E-state index in [9.17, 15) is 29.6 Å². The molecule has 0 bridgehead atoms. The molecule has 2 rings (SSSR count). The molecular formula is C25H42FN8O9P. The number of carbonyl (C=O) groups excluding carboxylic acids is 2. The van der Waals surface area contributed by atoms with Crippen molar-refractivity contribution in [3.05, 3.63) is 33.2 Å². The first kappa shape index (κ1) is 37.1. The molecule has 2 heterocycles. The van der Waals surface area contributed by atoms with Gasteiger partial charge in [-0.15, -0.1) is 0 Å². The Labute approximate surface area is 254 Å². The number of nitrogens with one attached hydrogen (secondary N) is 2. The van der Waals surface area contributed by atoms with Gasteiger partial charge in [-0.2, -0.15) is 4.98 Å². The summed E-state index contributed by atoms with van der Waals surface area (Å²) in [4.78, 5) is 43.7. The minimum atomic E-state index is -4.54. The number of carbonyl (C=O) groups is 2. The van der Waals surface area contributed by atoms with Crippen molar-refractivity contribution in [1.82, 2.24) is 19.7 Å². The molecule has 19 heteroatoms. The van der Waals surface area contributed by atoms with Gasteiger partial charge < -0.3 is 29.6 Å². The number of hydrogen-bond acceptors (Lipinski definition) is 12. The molecule has 6 atom stereocenters. The lowest BCUT2D eigenvalue weighted by Gasteiger charge is -2.31. The number of ether oxygens (including phenoxy) is 3. The number of anilines is 1. The van der Waals surface area contributed by atoms with Gasteiger partial charge in [-0.3, -0.25) is 18.7 Å². The molecule has 17 nitrogen and oxygen atoms in total. The first-order valence-corrected chi connectivity index (χ1v) is 15.3. The monoisotopic (exact) mass is 648 g/mol. The van der Waals surface area contributed by atoms with Crippen LogP contribution in [0.4, 0.5) is 10.2 Å². The van der Waals surface area contributed by atoms with E-state index in [1.807, 2.05) is 41.5 Å². The summed E-state index contributed by atoms with van der Waals surface area (Å²) in [6.45, 7) is 12.6. The summed E-state index contributed by atoms with van der Waals surface area (Å²) >= 11 is 0. The lowest BCUT2D eigenvalue weighted by molar-refractivity contribution is -0.148. The van der Waals surface area contributed by atoms with E-state index in [0.717, 1.165) is 6.20 Å². The fourth-order valence-electron chi connectivity index (χ4n) is 3.62. The van der Waals surface area contributed by atoms with E-state index < -0.39 is 68.2 Å². The number of nitrogen functional groups attached to an aromatic ring is 1. The Bertz CT molecular complexity index is 1300. The third kappa shape index (κ3) is 10.2. The number of aromatic nitrogens is 2. The number of halogens is 1. The molecule has 1 aliphatic rings. The molecule has 0 aliphatic carbocycles. The van der Waals surface area contributed by atoms with Crippen LogP contribution in [0.15, 0.2) is 22.2 Å². The molecule has 1 aliphatic heterocycles. The minimum absolute atomic E-state index is 0.0324. The number of aliphatic hydroxyl groups excluding tert-OH is 1. The number of azide groups is 1. The van der Waals surface area contributed by atoms with E-state index in [4.69, 9.17) is 24.5 Å². The highest BCUT2D eigenvalue weighted by molar-refractivity contribution is 7.54. The quantitative estimate of drug-likeness (QED) is 0.0790. The molecule has 248 valence electrons. The highest BCUT2D eigenvalue weighted by atomic mass is 31.2. The highest BCUT2D eigenvalue weighted by Crippen LogP contribution is 2.45. The van der Waals surface area contributed by atoms with Gasteiger partial charge in [-0.25, -0.2) is 19.4 Å². The van der Waals surface area contributed by atoms with E-state index in [-0.39, 0.29) is 29.9 Å². The summed E-state index contributed by atoms with van der Waals surface area (Å²) in [5.74, 6) is -1.78. The molecule has 44 heavy (non-hydrogen) atoms. The van der Waals surface area contributed by atoms with Gasteiger partial charge in [0.15, 0.2) is 12.4 Å². The van der Waals surface area contributed by atoms with Crippen molar-refractivity contribution in [2.24, 2.45) is 15.9 Å². The second-order valence-corrected chi connectivity index (χ2v) is 14.7. The van der Waals surface area contributed by atoms with Crippen molar-refractivity contribution in [2.75, 3.05) is 25.6 Å². The standard InChI is InChI=1S/C25H42FN8O9P/c1-14(20(36)40-11-23(3,4)5)30-44(39,31-15(2)21(37)41-12-24(6,7)8)42-13-25(32-33-28)18(35)17(26)19(43-25)34-10-9-16(27)29-22(34)38/h9-10,14-15,17-19,35H,11-13H2,1-8H3,(H2,27,29,38)(H2,30,31,39)/t14-,15-,17+,18-,19+,25+/m0/s1. The van der Waals surface area contributed by atoms with E-state index in [1.54, 1.807) is 0 Å². The molecule has 0 unspecified atom stereocenters. The van der Waals surface area contributed by atoms with Crippen LogP contribution in [0.2, 0.25) is 0 Å². The maximum Gasteiger partial charge on any atom is 0.351 e. The smallest absolute Gasteiger partial charge is 0.351 e. The normalized spacial score (nSPS) is 23.8. The van der Waals surface area contributed by atoms with Gasteiger partial charge in [0, 0.05) is 11.1 Å². The molecule has 0 saturated carbocycles. The average Bonchev–Trinajstić information content (AvgIpc) is 3.14. The van der Waals surface area contributed by atoms with Crippen LogP contribution >= 0.6 is 7.67 Å². The van der Waals surface area contributed by atoms with E-state index >= 15 is 4.39 Å². The van der Waals surface area contributed by atoms with Crippen molar-refractivity contribution in [1.29, 1.82) is 0 Å². The Hall–Kier alpha value is -3.11. The van der Waals surface area contributed by atoms with Crippen molar-refractivity contribution in [3.63, 3.8) is 0 Å². The van der Waals surface area contributed by atoms with Gasteiger partial charge in [0.2, 0.25) is 5.72 Å². The number of nitrogens with zero attached hydrogens (tertiary/aromatic N) is 5. The lowest BCUT2D eigenvalue weighted by Crippen LogP contribution is -2.47. The van der Waals surface area contributed by atoms with Gasteiger partial charge in [0.1, 0.15) is 24.0 Å². The molecule has 1 fully saturated rings. The molecule has 0 aromatic carbocycles. The molecular weight excluding hydrogens is 606 g/mol. The minimum Gasteiger partial charge on any atom is -0.464 e. The summed E-state index contributed by atoms with van der Waals surface area (Å²) in [6, 6.07) is -1.38. The van der Waals surface area contributed by atoms with Crippen LogP contribution in [0.5, 0.6) is 0 Å². The van der Waals surface area contributed by atoms with E-state index in [1.165, 1.54) is 19.9 Å². The van der Waals surface area contributed by atoms with E-state index in [0.29, 0.717) is 4.57 Å². The number of alkyl halides is 1. The largest absolute Gasteiger partial charge is 0.464 e. The van der Waals surface area contributed by atoms with Crippen molar-refractivity contribution >= 4 is 25.4 Å². The first-order valence-electron chi connectivity index (χ1n) is 13.7. The Balaban J connectivity index is 2.37. The third-order valence-electron chi connectivity index (χ3n) is 5.88. The van der Waals surface area contributed by atoms with Gasteiger partial charge in [-0.1, -0.05) is 46.7 Å². The summed E-state index contributed by atoms with van der Waals surface area (Å²) in [7, 11) is -4.54. The van der Waals surface area contributed by atoms with Gasteiger partial charge in [0.05, 0.1) is 19.8 Å². The number of nitrogens with two attached hydrogens (primary N) is 1. The van der Waals surface area contributed by atoms with E-state index in [2.05, 4.69) is 25.2 Å². The van der Waals surface area contributed by atoms with Crippen LogP contribution in [-0.2, 0) is 32.9 Å². The molecule has 0 spiro atoms. The predicted molar refractivity (Wildman–Crippen MR) is 155 cm³/mol. The Morgan fingerprint density at radius 3 is 2.14 bits per heavy atom. The number of aliphatic hydroxyl groups is 1. The topological polar surface area (TPSA) is 242 Å². The fraction of sp³-hybridized carbons (Fsp3) is 0.760.